The minimum atomic E-state index is -0.416. The molecule has 5 saturated heterocycles. The predicted molar refractivity (Wildman–Crippen MR) is 380 cm³/mol. The molecule has 6 aliphatic carbocycles. The Labute approximate surface area is 563 Å². The fourth-order valence-corrected chi connectivity index (χ4v) is 14.1. The van der Waals surface area contributed by atoms with E-state index >= 15 is 0 Å². The first-order valence-electron chi connectivity index (χ1n) is 37.9. The molecule has 6 saturated carbocycles. The summed E-state index contributed by atoms with van der Waals surface area (Å²) in [5.41, 5.74) is 1.05. The van der Waals surface area contributed by atoms with Crippen molar-refractivity contribution in [3.63, 3.8) is 0 Å². The molecule has 12 heteroatoms. The standard InChI is InChI=1S/C11H20O.C11H18.C10H20O2.C10H18.C9H18O3.2C7H14O2.C7H14O.C6H12O.CH4/c1-4-8(2)9-5-6-11(3)10(7-9)12-11;1-2-3-7-4-8-5-9(7)11-6-10(8)11;1-3-5-6-11-7-10(4-2)8-12-9-10;1-2-3-8-4-5-9-7-10(9)6-8;1-4-5-10-6-8-7-11-9(2,3)12-8;1-3-7(4-8-2)5-9-6-7;1-2-3-4-8-5-7-6-9-7;1-3-5-7-8-6-4-2;1-3-5-6-7-4-2;/h8-10H,4-7H2,1-3H3;7-11H,2-6H2,1H3;3-9H2,1-2H3;8-10H,2-7H2,1H3;8H,4-7H2,1-3H3;3-6H2,1-2H3;7H,2-6H2,1H3;4,6H,3,5,7H2,1-2H3;4H,2-3,5-6H2,1H3;1H4. The number of epoxide rings is 2. The number of hydrogen-bond donors (Lipinski definition) is 0. The molecule has 11 aliphatic rings. The van der Waals surface area contributed by atoms with Gasteiger partial charge in [0.05, 0.1) is 104 Å². The zero-order chi connectivity index (χ0) is 66.1. The van der Waals surface area contributed by atoms with Crippen molar-refractivity contribution in [3.8, 4) is 0 Å². The Kier molecular flexibility index (Phi) is 46.4. The molecule has 0 N–H and O–H groups in total. The van der Waals surface area contributed by atoms with Gasteiger partial charge in [0.25, 0.3) is 0 Å². The highest BCUT2D eigenvalue weighted by Crippen LogP contribution is 2.68. The molecule has 14 unspecified atom stereocenters. The summed E-state index contributed by atoms with van der Waals surface area (Å²) in [5, 5.41) is 0. The van der Waals surface area contributed by atoms with Gasteiger partial charge in [-0.3, -0.25) is 0 Å². The Morgan fingerprint density at radius 2 is 1.16 bits per heavy atom. The van der Waals surface area contributed by atoms with E-state index in [4.69, 9.17) is 56.8 Å². The van der Waals surface area contributed by atoms with Crippen LogP contribution in [-0.2, 0) is 56.8 Å². The molecule has 540 valence electrons. The Hall–Kier alpha value is -1.32. The summed E-state index contributed by atoms with van der Waals surface area (Å²) < 4.78 is 63.1. The molecule has 5 aliphatic heterocycles. The highest BCUT2D eigenvalue weighted by Gasteiger charge is 2.60. The maximum Gasteiger partial charge on any atom is 0.163 e. The third-order valence-electron chi connectivity index (χ3n) is 21.1. The lowest BCUT2D eigenvalue weighted by Crippen LogP contribution is -2.45. The molecule has 0 spiro atoms. The van der Waals surface area contributed by atoms with Gasteiger partial charge in [0.2, 0.25) is 0 Å². The van der Waals surface area contributed by atoms with Crippen molar-refractivity contribution in [2.24, 2.45) is 70.0 Å². The van der Waals surface area contributed by atoms with Crippen LogP contribution in [0.5, 0.6) is 0 Å². The number of ether oxygens (including phenoxy) is 12. The highest BCUT2D eigenvalue weighted by atomic mass is 16.7. The smallest absolute Gasteiger partial charge is 0.163 e. The third kappa shape index (κ3) is 35.1. The number of fused-ring (bicyclic) bond motifs is 7. The molecule has 0 aromatic rings. The summed E-state index contributed by atoms with van der Waals surface area (Å²) in [6.45, 7) is 48.6. The normalized spacial score (nSPS) is 30.9. The van der Waals surface area contributed by atoms with Crippen LogP contribution in [-0.4, -0.2) is 136 Å². The van der Waals surface area contributed by atoms with Crippen molar-refractivity contribution in [1.29, 1.82) is 0 Å². The SMILES string of the molecule is C.C=COCCCC.CC=COCCCC.CCC(C)C1CCC2(C)OC2C1.CCC1(COC)COC1.CCCC1CC2CC1C1CC21.CCCC1CCC2CC2C1.CCCCOCC1(CC)COC1.CCCCOCC1CO1.CCCOCC1COC(C)(C)O1. The molecular formula is C79H152O12. The van der Waals surface area contributed by atoms with Crippen LogP contribution in [0.2, 0.25) is 0 Å². The average Bonchev–Trinajstić information content (AvgIpc) is 1.56. The number of hydrogen-bond acceptors (Lipinski definition) is 12. The summed E-state index contributed by atoms with van der Waals surface area (Å²) in [4.78, 5) is 0. The monoisotopic (exact) mass is 1290 g/mol. The summed E-state index contributed by atoms with van der Waals surface area (Å²) in [7, 11) is 1.75. The Bertz CT molecular complexity index is 1740. The molecule has 2 bridgehead atoms. The lowest BCUT2D eigenvalue weighted by molar-refractivity contribution is -0.150. The molecule has 0 aromatic carbocycles. The van der Waals surface area contributed by atoms with E-state index in [0.717, 1.165) is 129 Å². The molecular weight excluding hydrogens is 1140 g/mol. The number of methoxy groups -OCH3 is 1. The van der Waals surface area contributed by atoms with Crippen LogP contribution >= 0.6 is 0 Å². The lowest BCUT2D eigenvalue weighted by atomic mass is 9.76. The first-order chi connectivity index (χ1) is 43.5. The van der Waals surface area contributed by atoms with Gasteiger partial charge < -0.3 is 56.8 Å². The maximum absolute atomic E-state index is 5.69. The molecule has 14 atom stereocenters. The van der Waals surface area contributed by atoms with Gasteiger partial charge in [-0.1, -0.05) is 160 Å². The van der Waals surface area contributed by atoms with Gasteiger partial charge in [-0.15, -0.1) is 0 Å². The second kappa shape index (κ2) is 49.2. The quantitative estimate of drug-likeness (QED) is 0.0363. The van der Waals surface area contributed by atoms with Crippen molar-refractivity contribution in [1.82, 2.24) is 0 Å². The second-order valence-corrected chi connectivity index (χ2v) is 29.6. The van der Waals surface area contributed by atoms with E-state index in [1.54, 1.807) is 58.3 Å². The van der Waals surface area contributed by atoms with Gasteiger partial charge in [-0.2, -0.15) is 0 Å². The van der Waals surface area contributed by atoms with Gasteiger partial charge in [0, 0.05) is 37.8 Å². The zero-order valence-corrected chi connectivity index (χ0v) is 61.8. The van der Waals surface area contributed by atoms with Gasteiger partial charge in [-0.25, -0.2) is 0 Å². The minimum Gasteiger partial charge on any atom is -0.502 e. The minimum absolute atomic E-state index is 0. The van der Waals surface area contributed by atoms with Crippen molar-refractivity contribution in [2.45, 2.75) is 308 Å². The fourth-order valence-electron chi connectivity index (χ4n) is 14.1. The summed E-state index contributed by atoms with van der Waals surface area (Å²) in [6.07, 6.45) is 41.5. The van der Waals surface area contributed by atoms with E-state index in [0.29, 0.717) is 41.9 Å². The third-order valence-corrected chi connectivity index (χ3v) is 21.1. The molecule has 91 heavy (non-hydrogen) atoms. The summed E-state index contributed by atoms with van der Waals surface area (Å²) in [5.74, 6) is 10.9. The molecule has 0 radical (unpaired) electrons. The molecule has 0 aromatic heterocycles. The van der Waals surface area contributed by atoms with E-state index in [-0.39, 0.29) is 13.5 Å². The first kappa shape index (κ1) is 85.8. The van der Waals surface area contributed by atoms with Crippen molar-refractivity contribution in [3.05, 3.63) is 25.2 Å². The van der Waals surface area contributed by atoms with Crippen molar-refractivity contribution >= 4 is 0 Å². The van der Waals surface area contributed by atoms with E-state index in [1.807, 2.05) is 26.8 Å². The Morgan fingerprint density at radius 1 is 0.560 bits per heavy atom. The Morgan fingerprint density at radius 3 is 1.64 bits per heavy atom. The van der Waals surface area contributed by atoms with Crippen LogP contribution in [0.15, 0.2) is 25.2 Å². The van der Waals surface area contributed by atoms with Gasteiger partial charge >= 0.3 is 0 Å². The maximum atomic E-state index is 5.69. The van der Waals surface area contributed by atoms with Gasteiger partial charge in [0.15, 0.2) is 5.79 Å². The van der Waals surface area contributed by atoms with Crippen molar-refractivity contribution < 1.29 is 56.8 Å². The largest absolute Gasteiger partial charge is 0.502 e. The highest BCUT2D eigenvalue weighted by molar-refractivity contribution is 5.09. The molecule has 11 fully saturated rings. The van der Waals surface area contributed by atoms with Crippen LogP contribution in [0.1, 0.15) is 278 Å². The second-order valence-electron chi connectivity index (χ2n) is 29.6. The first-order valence-corrected chi connectivity index (χ1v) is 37.9. The van der Waals surface area contributed by atoms with Gasteiger partial charge in [-0.05, 0) is 190 Å². The molecule has 12 nitrogen and oxygen atoms in total. The lowest BCUT2D eigenvalue weighted by Gasteiger charge is -2.40. The molecule has 11 rings (SSSR count). The average molecular weight is 1290 g/mol. The van der Waals surface area contributed by atoms with E-state index < -0.39 is 5.79 Å². The van der Waals surface area contributed by atoms with Crippen LogP contribution in [0.25, 0.3) is 0 Å². The van der Waals surface area contributed by atoms with Crippen LogP contribution < -0.4 is 0 Å². The van der Waals surface area contributed by atoms with E-state index in [9.17, 15) is 0 Å². The van der Waals surface area contributed by atoms with Crippen molar-refractivity contribution in [2.75, 3.05) is 106 Å². The Balaban J connectivity index is 0.000000350. The fraction of sp³-hybridized carbons (Fsp3) is 0.949. The zero-order valence-electron chi connectivity index (χ0n) is 61.8. The summed E-state index contributed by atoms with van der Waals surface area (Å²) in [6, 6.07) is 0. The van der Waals surface area contributed by atoms with E-state index in [1.165, 1.54) is 145 Å². The number of allylic oxidation sites excluding steroid dienone is 1. The van der Waals surface area contributed by atoms with Gasteiger partial charge in [0.1, 0.15) is 12.2 Å². The van der Waals surface area contributed by atoms with Crippen LogP contribution in [0.3, 0.4) is 0 Å². The molecule has 5 heterocycles. The number of unbranched alkanes of at least 4 members (excludes halogenated alkanes) is 4. The van der Waals surface area contributed by atoms with E-state index in [2.05, 4.69) is 89.7 Å². The molecule has 0 amide bonds. The van der Waals surface area contributed by atoms with Crippen LogP contribution in [0.4, 0.5) is 0 Å². The number of rotatable bonds is 32. The summed E-state index contributed by atoms with van der Waals surface area (Å²) >= 11 is 0. The predicted octanol–water partition coefficient (Wildman–Crippen LogP) is 20.3. The van der Waals surface area contributed by atoms with Crippen LogP contribution in [0, 0.1) is 70.0 Å². The topological polar surface area (TPSA) is 117 Å².